The second-order valence-electron chi connectivity index (χ2n) is 3.28. The molecule has 6 nitrogen and oxygen atoms in total. The Morgan fingerprint density at radius 3 is 2.80 bits per heavy atom. The predicted molar refractivity (Wildman–Crippen MR) is 49.8 cm³/mol. The van der Waals surface area contributed by atoms with E-state index in [1.54, 1.807) is 0 Å². The average Bonchev–Trinajstić information content (AvgIpc) is 2.87. The first-order valence-corrected chi connectivity index (χ1v) is 4.60. The first kappa shape index (κ1) is 8.34. The molecule has 76 valence electrons. The molecular formula is C9H8N4O2. The van der Waals surface area contributed by atoms with Crippen molar-refractivity contribution in [3.8, 4) is 11.5 Å². The summed E-state index contributed by atoms with van der Waals surface area (Å²) in [5.41, 5.74) is 1.09. The van der Waals surface area contributed by atoms with Gasteiger partial charge >= 0.3 is 0 Å². The fourth-order valence-corrected chi connectivity index (χ4v) is 1.55. The van der Waals surface area contributed by atoms with Gasteiger partial charge in [0.05, 0.1) is 0 Å². The van der Waals surface area contributed by atoms with Crippen LogP contribution in [0.1, 0.15) is 5.56 Å². The van der Waals surface area contributed by atoms with Crippen LogP contribution in [0.25, 0.3) is 0 Å². The third kappa shape index (κ3) is 1.54. The molecule has 2 heterocycles. The Labute approximate surface area is 85.6 Å². The summed E-state index contributed by atoms with van der Waals surface area (Å²) in [7, 11) is 0. The maximum atomic E-state index is 5.27. The molecule has 0 unspecified atom stereocenters. The number of rotatable bonds is 2. The predicted octanol–water partition coefficient (Wildman–Crippen LogP) is 2.12. The van der Waals surface area contributed by atoms with Gasteiger partial charge in [0.15, 0.2) is 17.7 Å². The van der Waals surface area contributed by atoms with Gasteiger partial charge in [0.1, 0.15) is 0 Å². The largest absolute Gasteiger partial charge is 0.454 e. The number of ether oxygens (including phenoxy) is 2. The van der Waals surface area contributed by atoms with Gasteiger partial charge < -0.3 is 9.47 Å². The van der Waals surface area contributed by atoms with Gasteiger partial charge in [0, 0.05) is 6.42 Å². The minimum absolute atomic E-state index is 0.189. The van der Waals surface area contributed by atoms with Crippen LogP contribution in [0.15, 0.2) is 38.9 Å². The van der Waals surface area contributed by atoms with Crippen LogP contribution in [0.2, 0.25) is 0 Å². The van der Waals surface area contributed by atoms with E-state index in [-0.39, 0.29) is 6.17 Å². The van der Waals surface area contributed by atoms with Gasteiger partial charge in [0.25, 0.3) is 0 Å². The highest BCUT2D eigenvalue weighted by Crippen LogP contribution is 2.33. The van der Waals surface area contributed by atoms with E-state index in [1.807, 2.05) is 18.2 Å². The van der Waals surface area contributed by atoms with Gasteiger partial charge in [-0.2, -0.15) is 0 Å². The molecule has 0 aromatic heterocycles. The van der Waals surface area contributed by atoms with Crippen LogP contribution in [0.4, 0.5) is 0 Å². The Morgan fingerprint density at radius 2 is 1.93 bits per heavy atom. The standard InChI is InChI=1S/C9H8N4O2/c1-2-7-8(15-5-14-7)3-6(1)4-9-10-12-13-11-9/h1-3,9H,4-5H2. The molecule has 0 saturated heterocycles. The smallest absolute Gasteiger partial charge is 0.231 e. The Kier molecular flexibility index (Phi) is 1.84. The normalized spacial score (nSPS) is 17.6. The van der Waals surface area contributed by atoms with Crippen LogP contribution in [0.3, 0.4) is 0 Å². The van der Waals surface area contributed by atoms with Crippen molar-refractivity contribution in [1.82, 2.24) is 0 Å². The molecule has 6 heteroatoms. The zero-order valence-electron chi connectivity index (χ0n) is 7.83. The van der Waals surface area contributed by atoms with Gasteiger partial charge in [-0.05, 0) is 28.1 Å². The molecule has 0 aliphatic carbocycles. The number of nitrogens with zero attached hydrogens (tertiary/aromatic N) is 4. The number of fused-ring (bicyclic) bond motifs is 1. The Balaban J connectivity index is 1.81. The highest BCUT2D eigenvalue weighted by molar-refractivity contribution is 5.44. The van der Waals surface area contributed by atoms with Gasteiger partial charge in [-0.1, -0.05) is 6.07 Å². The minimum atomic E-state index is -0.189. The van der Waals surface area contributed by atoms with Crippen molar-refractivity contribution in [2.75, 3.05) is 6.79 Å². The van der Waals surface area contributed by atoms with E-state index in [0.29, 0.717) is 13.2 Å². The molecular weight excluding hydrogens is 196 g/mol. The summed E-state index contributed by atoms with van der Waals surface area (Å²) in [6.07, 6.45) is 0.495. The second-order valence-corrected chi connectivity index (χ2v) is 3.28. The van der Waals surface area contributed by atoms with Crippen LogP contribution in [0.5, 0.6) is 11.5 Å². The van der Waals surface area contributed by atoms with E-state index in [1.165, 1.54) is 0 Å². The molecule has 0 bridgehead atoms. The Hall–Kier alpha value is -1.98. The molecule has 0 spiro atoms. The first-order chi connectivity index (χ1) is 7.42. The van der Waals surface area contributed by atoms with Crippen LogP contribution in [0, 0.1) is 0 Å². The zero-order valence-corrected chi connectivity index (χ0v) is 7.83. The van der Waals surface area contributed by atoms with Gasteiger partial charge in [-0.3, -0.25) is 0 Å². The SMILES string of the molecule is c1cc2c(cc1CC1N=NN=N1)OCO2. The highest BCUT2D eigenvalue weighted by Gasteiger charge is 2.16. The molecule has 0 N–H and O–H groups in total. The molecule has 1 aromatic rings. The molecule has 0 radical (unpaired) electrons. The maximum absolute atomic E-state index is 5.27. The first-order valence-electron chi connectivity index (χ1n) is 4.60. The van der Waals surface area contributed by atoms with Crippen molar-refractivity contribution >= 4 is 0 Å². The maximum Gasteiger partial charge on any atom is 0.231 e. The molecule has 0 fully saturated rings. The molecule has 0 saturated carbocycles. The fraction of sp³-hybridized carbons (Fsp3) is 0.333. The lowest BCUT2D eigenvalue weighted by atomic mass is 10.1. The molecule has 0 amide bonds. The molecule has 2 aliphatic heterocycles. The van der Waals surface area contributed by atoms with Crippen LogP contribution < -0.4 is 9.47 Å². The quantitative estimate of drug-likeness (QED) is 0.740. The average molecular weight is 204 g/mol. The lowest BCUT2D eigenvalue weighted by Gasteiger charge is -2.02. The van der Waals surface area contributed by atoms with Crippen molar-refractivity contribution < 1.29 is 9.47 Å². The second kappa shape index (κ2) is 3.30. The number of benzene rings is 1. The van der Waals surface area contributed by atoms with Crippen LogP contribution in [-0.4, -0.2) is 13.0 Å². The summed E-state index contributed by atoms with van der Waals surface area (Å²) in [4.78, 5) is 0. The van der Waals surface area contributed by atoms with E-state index in [9.17, 15) is 0 Å². The summed E-state index contributed by atoms with van der Waals surface area (Å²) < 4.78 is 10.5. The van der Waals surface area contributed by atoms with E-state index < -0.39 is 0 Å². The lowest BCUT2D eigenvalue weighted by molar-refractivity contribution is 0.174. The summed E-state index contributed by atoms with van der Waals surface area (Å²) in [5.74, 6) is 1.56. The van der Waals surface area contributed by atoms with Crippen molar-refractivity contribution in [3.63, 3.8) is 0 Å². The van der Waals surface area contributed by atoms with Crippen molar-refractivity contribution in [2.24, 2.45) is 20.7 Å². The van der Waals surface area contributed by atoms with Gasteiger partial charge in [-0.15, -0.1) is 10.2 Å². The van der Waals surface area contributed by atoms with Crippen LogP contribution >= 0.6 is 0 Å². The Morgan fingerprint density at radius 1 is 1.13 bits per heavy atom. The van der Waals surface area contributed by atoms with Crippen molar-refractivity contribution in [1.29, 1.82) is 0 Å². The van der Waals surface area contributed by atoms with E-state index >= 15 is 0 Å². The van der Waals surface area contributed by atoms with Crippen LogP contribution in [-0.2, 0) is 6.42 Å². The molecule has 3 rings (SSSR count). The zero-order chi connectivity index (χ0) is 10.1. The molecule has 1 aromatic carbocycles. The summed E-state index contributed by atoms with van der Waals surface area (Å²) in [6.45, 7) is 0.293. The highest BCUT2D eigenvalue weighted by atomic mass is 16.7. The minimum Gasteiger partial charge on any atom is -0.454 e. The number of hydrogen-bond donors (Lipinski definition) is 0. The Bertz CT molecular complexity index is 432. The lowest BCUT2D eigenvalue weighted by Crippen LogP contribution is -2.01. The van der Waals surface area contributed by atoms with Gasteiger partial charge in [-0.25, -0.2) is 0 Å². The molecule has 15 heavy (non-hydrogen) atoms. The third-order valence-electron chi connectivity index (χ3n) is 2.27. The third-order valence-corrected chi connectivity index (χ3v) is 2.27. The summed E-state index contributed by atoms with van der Waals surface area (Å²) in [6, 6.07) is 5.80. The monoisotopic (exact) mass is 204 g/mol. The summed E-state index contributed by atoms with van der Waals surface area (Å²) >= 11 is 0. The van der Waals surface area contributed by atoms with Crippen molar-refractivity contribution in [3.05, 3.63) is 23.8 Å². The fourth-order valence-electron chi connectivity index (χ4n) is 1.55. The molecule has 0 atom stereocenters. The van der Waals surface area contributed by atoms with Gasteiger partial charge in [0.2, 0.25) is 6.79 Å². The van der Waals surface area contributed by atoms with E-state index in [2.05, 4.69) is 20.7 Å². The summed E-state index contributed by atoms with van der Waals surface area (Å²) in [5, 5.41) is 14.6. The van der Waals surface area contributed by atoms with E-state index in [0.717, 1.165) is 17.1 Å². The van der Waals surface area contributed by atoms with Crippen molar-refractivity contribution in [2.45, 2.75) is 12.6 Å². The number of hydrogen-bond acceptors (Lipinski definition) is 6. The molecule has 2 aliphatic rings. The van der Waals surface area contributed by atoms with E-state index in [4.69, 9.17) is 9.47 Å². The topological polar surface area (TPSA) is 67.9 Å².